The van der Waals surface area contributed by atoms with Gasteiger partial charge in [0.15, 0.2) is 0 Å². The van der Waals surface area contributed by atoms with Crippen LogP contribution in [0, 0.1) is 5.92 Å². The highest BCUT2D eigenvalue weighted by Crippen LogP contribution is 2.31. The van der Waals surface area contributed by atoms with Crippen LogP contribution >= 0.6 is 0 Å². The molecule has 2 aromatic carbocycles. The van der Waals surface area contributed by atoms with Gasteiger partial charge in [0.2, 0.25) is 0 Å². The highest BCUT2D eigenvalue weighted by atomic mass is 16.5. The van der Waals surface area contributed by atoms with Gasteiger partial charge in [0.1, 0.15) is 5.75 Å². The molecule has 2 heteroatoms. The van der Waals surface area contributed by atoms with Gasteiger partial charge >= 0.3 is 0 Å². The molecule has 2 nitrogen and oxygen atoms in total. The first-order valence-electron chi connectivity index (χ1n) is 7.55. The molecule has 0 bridgehead atoms. The Bertz CT molecular complexity index is 631. The predicted molar refractivity (Wildman–Crippen MR) is 87.5 cm³/mol. The van der Waals surface area contributed by atoms with Crippen molar-refractivity contribution in [3.63, 3.8) is 0 Å². The second-order valence-corrected chi connectivity index (χ2v) is 5.95. The summed E-state index contributed by atoms with van der Waals surface area (Å²) in [5, 5.41) is 0. The van der Waals surface area contributed by atoms with E-state index in [1.807, 2.05) is 6.21 Å². The minimum atomic E-state index is 0.352. The third kappa shape index (κ3) is 3.15. The van der Waals surface area contributed by atoms with E-state index >= 15 is 0 Å². The average Bonchev–Trinajstić information content (AvgIpc) is 2.53. The van der Waals surface area contributed by atoms with Crippen molar-refractivity contribution in [1.29, 1.82) is 0 Å². The summed E-state index contributed by atoms with van der Waals surface area (Å²) in [5.41, 5.74) is 3.84. The van der Waals surface area contributed by atoms with Crippen LogP contribution in [-0.2, 0) is 0 Å². The maximum atomic E-state index is 5.81. The third-order valence-electron chi connectivity index (χ3n) is 3.74. The molecule has 3 rings (SSSR count). The molecular formula is C19H21NO. The predicted octanol–water partition coefficient (Wildman–Crippen LogP) is 4.29. The summed E-state index contributed by atoms with van der Waals surface area (Å²) in [6, 6.07) is 17.0. The summed E-state index contributed by atoms with van der Waals surface area (Å²) in [6.45, 7) is 5.89. The third-order valence-corrected chi connectivity index (χ3v) is 3.74. The van der Waals surface area contributed by atoms with E-state index in [0.29, 0.717) is 11.8 Å². The summed E-state index contributed by atoms with van der Waals surface area (Å²) in [5.74, 6) is 1.82. The Labute approximate surface area is 126 Å². The van der Waals surface area contributed by atoms with E-state index in [2.05, 4.69) is 67.4 Å². The van der Waals surface area contributed by atoms with Crippen molar-refractivity contribution < 1.29 is 4.74 Å². The SMILES string of the molecule is CC(C)COc1ccc2c(c1)C=NCC2c1ccccc1. The summed E-state index contributed by atoms with van der Waals surface area (Å²) < 4.78 is 5.81. The molecule has 1 aliphatic heterocycles. The molecular weight excluding hydrogens is 258 g/mol. The monoisotopic (exact) mass is 279 g/mol. The standard InChI is InChI=1S/C19H21NO/c1-14(2)13-21-17-8-9-18-16(10-17)11-20-12-19(18)15-6-4-3-5-7-15/h3-11,14,19H,12-13H2,1-2H3. The van der Waals surface area contributed by atoms with E-state index in [4.69, 9.17) is 4.74 Å². The van der Waals surface area contributed by atoms with Crippen molar-refractivity contribution in [3.05, 3.63) is 65.2 Å². The number of rotatable bonds is 4. The smallest absolute Gasteiger partial charge is 0.119 e. The molecule has 0 N–H and O–H groups in total. The molecule has 0 aromatic heterocycles. The molecule has 1 aliphatic rings. The molecule has 0 amide bonds. The van der Waals surface area contributed by atoms with Crippen LogP contribution in [0.3, 0.4) is 0 Å². The number of nitrogens with zero attached hydrogens (tertiary/aromatic N) is 1. The average molecular weight is 279 g/mol. The van der Waals surface area contributed by atoms with E-state index in [9.17, 15) is 0 Å². The van der Waals surface area contributed by atoms with Crippen LogP contribution in [0.2, 0.25) is 0 Å². The number of benzene rings is 2. The van der Waals surface area contributed by atoms with Crippen LogP contribution in [0.5, 0.6) is 5.75 Å². The normalized spacial score (nSPS) is 16.8. The lowest BCUT2D eigenvalue weighted by atomic mass is 9.87. The molecule has 1 atom stereocenters. The van der Waals surface area contributed by atoms with Gasteiger partial charge in [0, 0.05) is 18.7 Å². The molecule has 108 valence electrons. The molecule has 0 aliphatic carbocycles. The highest BCUT2D eigenvalue weighted by Gasteiger charge is 2.19. The number of hydrogen-bond acceptors (Lipinski definition) is 2. The Kier molecular flexibility index (Phi) is 4.05. The molecule has 21 heavy (non-hydrogen) atoms. The summed E-state index contributed by atoms with van der Waals surface area (Å²) in [6.07, 6.45) is 1.97. The van der Waals surface area contributed by atoms with Gasteiger partial charge < -0.3 is 4.74 Å². The molecule has 1 unspecified atom stereocenters. The number of aliphatic imine (C=N–C) groups is 1. The molecule has 0 saturated heterocycles. The van der Waals surface area contributed by atoms with Crippen LogP contribution in [0.25, 0.3) is 0 Å². The lowest BCUT2D eigenvalue weighted by Gasteiger charge is -2.22. The van der Waals surface area contributed by atoms with Crippen molar-refractivity contribution in [2.45, 2.75) is 19.8 Å². The summed E-state index contributed by atoms with van der Waals surface area (Å²) in [7, 11) is 0. The Morgan fingerprint density at radius 3 is 2.71 bits per heavy atom. The van der Waals surface area contributed by atoms with Crippen molar-refractivity contribution in [3.8, 4) is 5.75 Å². The van der Waals surface area contributed by atoms with Gasteiger partial charge in [-0.05, 0) is 34.7 Å². The summed E-state index contributed by atoms with van der Waals surface area (Å²) >= 11 is 0. The van der Waals surface area contributed by atoms with Gasteiger partial charge in [-0.25, -0.2) is 0 Å². The van der Waals surface area contributed by atoms with Crippen LogP contribution < -0.4 is 4.74 Å². The topological polar surface area (TPSA) is 21.6 Å². The van der Waals surface area contributed by atoms with Crippen LogP contribution in [0.1, 0.15) is 36.5 Å². The Hall–Kier alpha value is -2.09. The molecule has 2 aromatic rings. The van der Waals surface area contributed by atoms with E-state index < -0.39 is 0 Å². The number of ether oxygens (including phenoxy) is 1. The lowest BCUT2D eigenvalue weighted by Crippen LogP contribution is -2.13. The van der Waals surface area contributed by atoms with Gasteiger partial charge in [-0.1, -0.05) is 50.2 Å². The Balaban J connectivity index is 1.88. The molecule has 1 heterocycles. The second kappa shape index (κ2) is 6.13. The minimum absolute atomic E-state index is 0.352. The van der Waals surface area contributed by atoms with Gasteiger partial charge in [-0.15, -0.1) is 0 Å². The van der Waals surface area contributed by atoms with Gasteiger partial charge in [-0.2, -0.15) is 0 Å². The fourth-order valence-corrected chi connectivity index (χ4v) is 2.66. The maximum Gasteiger partial charge on any atom is 0.119 e. The molecule has 0 radical (unpaired) electrons. The van der Waals surface area contributed by atoms with E-state index in [1.54, 1.807) is 0 Å². The first-order valence-corrected chi connectivity index (χ1v) is 7.55. The zero-order valence-corrected chi connectivity index (χ0v) is 12.6. The lowest BCUT2D eigenvalue weighted by molar-refractivity contribution is 0.271. The highest BCUT2D eigenvalue weighted by molar-refractivity contribution is 5.84. The van der Waals surface area contributed by atoms with Gasteiger partial charge in [0.25, 0.3) is 0 Å². The van der Waals surface area contributed by atoms with Gasteiger partial charge in [0.05, 0.1) is 6.61 Å². The Morgan fingerprint density at radius 2 is 1.95 bits per heavy atom. The quantitative estimate of drug-likeness (QED) is 0.818. The van der Waals surface area contributed by atoms with Crippen molar-refractivity contribution in [2.24, 2.45) is 10.9 Å². The van der Waals surface area contributed by atoms with Gasteiger partial charge in [-0.3, -0.25) is 4.99 Å². The molecule has 0 fully saturated rings. The first kappa shape index (κ1) is 13.9. The van der Waals surface area contributed by atoms with Crippen molar-refractivity contribution in [1.82, 2.24) is 0 Å². The van der Waals surface area contributed by atoms with Crippen LogP contribution in [0.4, 0.5) is 0 Å². The fraction of sp³-hybridized carbons (Fsp3) is 0.316. The fourth-order valence-electron chi connectivity index (χ4n) is 2.66. The second-order valence-electron chi connectivity index (χ2n) is 5.95. The maximum absolute atomic E-state index is 5.81. The van der Waals surface area contributed by atoms with E-state index in [-0.39, 0.29) is 0 Å². The van der Waals surface area contributed by atoms with Crippen molar-refractivity contribution >= 4 is 6.21 Å². The minimum Gasteiger partial charge on any atom is -0.493 e. The first-order chi connectivity index (χ1) is 10.2. The summed E-state index contributed by atoms with van der Waals surface area (Å²) in [4.78, 5) is 4.53. The zero-order chi connectivity index (χ0) is 14.7. The number of hydrogen-bond donors (Lipinski definition) is 0. The van der Waals surface area contributed by atoms with Crippen LogP contribution in [0.15, 0.2) is 53.5 Å². The number of fused-ring (bicyclic) bond motifs is 1. The van der Waals surface area contributed by atoms with E-state index in [1.165, 1.54) is 16.7 Å². The largest absolute Gasteiger partial charge is 0.493 e. The van der Waals surface area contributed by atoms with E-state index in [0.717, 1.165) is 18.9 Å². The Morgan fingerprint density at radius 1 is 1.14 bits per heavy atom. The van der Waals surface area contributed by atoms with Crippen LogP contribution in [-0.4, -0.2) is 19.4 Å². The van der Waals surface area contributed by atoms with Crippen molar-refractivity contribution in [2.75, 3.05) is 13.2 Å². The molecule has 0 spiro atoms. The molecule has 0 saturated carbocycles. The zero-order valence-electron chi connectivity index (χ0n) is 12.6.